The molecular weight excluding hydrogens is 204 g/mol. The van der Waals surface area contributed by atoms with Gasteiger partial charge in [0.25, 0.3) is 0 Å². The summed E-state index contributed by atoms with van der Waals surface area (Å²) in [7, 11) is 0. The third-order valence-electron chi connectivity index (χ3n) is 2.70. The van der Waals surface area contributed by atoms with Crippen molar-refractivity contribution in [3.8, 4) is 0 Å². The molecule has 1 saturated carbocycles. The number of nitrogens with one attached hydrogen (secondary N) is 2. The summed E-state index contributed by atoms with van der Waals surface area (Å²) in [5.41, 5.74) is 0.140. The van der Waals surface area contributed by atoms with Crippen LogP contribution in [0.5, 0.6) is 0 Å². The van der Waals surface area contributed by atoms with Crippen LogP contribution in [0, 0.1) is 5.41 Å². The molecule has 4 nitrogen and oxygen atoms in total. The maximum atomic E-state index is 11.2. The molecule has 0 heterocycles. The highest BCUT2D eigenvalue weighted by molar-refractivity contribution is 6.28. The summed E-state index contributed by atoms with van der Waals surface area (Å²) in [6.07, 6.45) is 2.07. The summed E-state index contributed by atoms with van der Waals surface area (Å²) >= 11 is 5.24. The minimum Gasteiger partial charge on any atom is -0.335 e. The second kappa shape index (κ2) is 4.17. The van der Waals surface area contributed by atoms with Crippen LogP contribution < -0.4 is 10.6 Å². The molecule has 1 rings (SSSR count). The Labute approximate surface area is 88.4 Å². The molecule has 2 N–H and O–H groups in total. The molecule has 1 fully saturated rings. The number of rotatable bonds is 2. The summed E-state index contributed by atoms with van der Waals surface area (Å²) in [5.74, 6) is -0.664. The van der Waals surface area contributed by atoms with Gasteiger partial charge in [-0.1, -0.05) is 13.8 Å². The summed E-state index contributed by atoms with van der Waals surface area (Å²) in [5, 5.41) is 4.89. The van der Waals surface area contributed by atoms with Crippen molar-refractivity contribution >= 4 is 23.5 Å². The van der Waals surface area contributed by atoms with Crippen LogP contribution in [0.4, 0.5) is 4.79 Å². The third-order valence-corrected chi connectivity index (χ3v) is 2.94. The number of hydrogen-bond donors (Lipinski definition) is 2. The monoisotopic (exact) mass is 218 g/mol. The normalized spacial score (nSPS) is 23.5. The minimum absolute atomic E-state index is 0.140. The number of carbonyl (C=O) groups is 2. The fourth-order valence-electron chi connectivity index (χ4n) is 1.49. The van der Waals surface area contributed by atoms with Gasteiger partial charge >= 0.3 is 6.03 Å². The quantitative estimate of drug-likeness (QED) is 0.686. The molecule has 1 aliphatic rings. The largest absolute Gasteiger partial charge is 0.335 e. The van der Waals surface area contributed by atoms with E-state index in [0.29, 0.717) is 0 Å². The van der Waals surface area contributed by atoms with Crippen molar-refractivity contribution < 1.29 is 9.59 Å². The van der Waals surface area contributed by atoms with Crippen molar-refractivity contribution in [3.05, 3.63) is 0 Å². The lowest BCUT2D eigenvalue weighted by Crippen LogP contribution is -2.55. The van der Waals surface area contributed by atoms with E-state index < -0.39 is 11.9 Å². The number of alkyl halides is 1. The first kappa shape index (κ1) is 11.3. The van der Waals surface area contributed by atoms with Crippen LogP contribution in [-0.2, 0) is 4.79 Å². The van der Waals surface area contributed by atoms with Crippen LogP contribution in [0.15, 0.2) is 0 Å². The van der Waals surface area contributed by atoms with E-state index in [0.717, 1.165) is 12.8 Å². The van der Waals surface area contributed by atoms with Crippen LogP contribution >= 0.6 is 11.6 Å². The highest BCUT2D eigenvalue weighted by atomic mass is 35.5. The number of carbonyl (C=O) groups excluding carboxylic acids is 2. The van der Waals surface area contributed by atoms with Crippen molar-refractivity contribution in [3.63, 3.8) is 0 Å². The Kier molecular flexibility index (Phi) is 3.37. The Morgan fingerprint density at radius 2 is 2.14 bits per heavy atom. The molecule has 1 atom stereocenters. The fraction of sp³-hybridized carbons (Fsp3) is 0.778. The number of amides is 3. The number of imide groups is 1. The first-order valence-corrected chi connectivity index (χ1v) is 5.15. The SMILES string of the molecule is CC1(C)CCC1NC(=O)NC(=O)CCl. The van der Waals surface area contributed by atoms with Crippen LogP contribution in [0.3, 0.4) is 0 Å². The van der Waals surface area contributed by atoms with Crippen molar-refractivity contribution in [2.24, 2.45) is 5.41 Å². The van der Waals surface area contributed by atoms with Gasteiger partial charge in [0, 0.05) is 6.04 Å². The number of hydrogen-bond acceptors (Lipinski definition) is 2. The molecule has 5 heteroatoms. The Morgan fingerprint density at radius 3 is 2.50 bits per heavy atom. The van der Waals surface area contributed by atoms with Crippen LogP contribution in [-0.4, -0.2) is 23.9 Å². The van der Waals surface area contributed by atoms with E-state index in [1.54, 1.807) is 0 Å². The lowest BCUT2D eigenvalue weighted by molar-refractivity contribution is -0.117. The van der Waals surface area contributed by atoms with Crippen molar-refractivity contribution in [1.29, 1.82) is 0 Å². The summed E-state index contributed by atoms with van der Waals surface area (Å²) in [6, 6.07) is -0.293. The van der Waals surface area contributed by atoms with Gasteiger partial charge in [0.1, 0.15) is 5.88 Å². The lowest BCUT2D eigenvalue weighted by atomic mass is 9.67. The molecule has 0 saturated heterocycles. The minimum atomic E-state index is -0.471. The Hall–Kier alpha value is -0.770. The Bertz CT molecular complexity index is 253. The van der Waals surface area contributed by atoms with Crippen LogP contribution in [0.1, 0.15) is 26.7 Å². The van der Waals surface area contributed by atoms with Gasteiger partial charge in [0.15, 0.2) is 0 Å². The zero-order valence-corrected chi connectivity index (χ0v) is 9.15. The van der Waals surface area contributed by atoms with Gasteiger partial charge in [-0.15, -0.1) is 11.6 Å². The highest BCUT2D eigenvalue weighted by Gasteiger charge is 2.39. The molecule has 1 aliphatic carbocycles. The van der Waals surface area contributed by atoms with E-state index in [2.05, 4.69) is 24.5 Å². The van der Waals surface area contributed by atoms with Gasteiger partial charge in [0.05, 0.1) is 0 Å². The molecule has 1 unspecified atom stereocenters. The summed E-state index contributed by atoms with van der Waals surface area (Å²) < 4.78 is 0. The second-order valence-corrected chi connectivity index (χ2v) is 4.50. The summed E-state index contributed by atoms with van der Waals surface area (Å²) in [6.45, 7) is 4.18. The van der Waals surface area contributed by atoms with Crippen LogP contribution in [0.25, 0.3) is 0 Å². The van der Waals surface area contributed by atoms with Gasteiger partial charge in [-0.3, -0.25) is 10.1 Å². The predicted octanol–water partition coefficient (Wildman–Crippen LogP) is 1.24. The molecular formula is C9H15ClN2O2. The second-order valence-electron chi connectivity index (χ2n) is 4.24. The average Bonchev–Trinajstić information content (AvgIpc) is 2.12. The molecule has 0 bridgehead atoms. The number of urea groups is 1. The first-order chi connectivity index (χ1) is 6.45. The van der Waals surface area contributed by atoms with E-state index in [4.69, 9.17) is 11.6 Å². The molecule has 80 valence electrons. The zero-order valence-electron chi connectivity index (χ0n) is 8.39. The summed E-state index contributed by atoms with van der Waals surface area (Å²) in [4.78, 5) is 22.0. The molecule has 0 aliphatic heterocycles. The van der Waals surface area contributed by atoms with Gasteiger partial charge < -0.3 is 5.32 Å². The van der Waals surface area contributed by atoms with Crippen molar-refractivity contribution in [1.82, 2.24) is 10.6 Å². The molecule has 0 radical (unpaired) electrons. The van der Waals surface area contributed by atoms with Gasteiger partial charge in [-0.25, -0.2) is 4.79 Å². The molecule has 0 aromatic rings. The maximum absolute atomic E-state index is 11.2. The lowest BCUT2D eigenvalue weighted by Gasteiger charge is -2.44. The van der Waals surface area contributed by atoms with Gasteiger partial charge in [-0.2, -0.15) is 0 Å². The van der Waals surface area contributed by atoms with E-state index >= 15 is 0 Å². The van der Waals surface area contributed by atoms with E-state index in [-0.39, 0.29) is 17.3 Å². The smallest absolute Gasteiger partial charge is 0.321 e. The van der Waals surface area contributed by atoms with Crippen molar-refractivity contribution in [2.45, 2.75) is 32.7 Å². The topological polar surface area (TPSA) is 58.2 Å². The third kappa shape index (κ3) is 2.61. The van der Waals surface area contributed by atoms with E-state index in [1.165, 1.54) is 0 Å². The number of halogens is 1. The first-order valence-electron chi connectivity index (χ1n) is 4.62. The van der Waals surface area contributed by atoms with Gasteiger partial charge in [0.2, 0.25) is 5.91 Å². The molecule has 0 aromatic heterocycles. The molecule has 14 heavy (non-hydrogen) atoms. The maximum Gasteiger partial charge on any atom is 0.321 e. The van der Waals surface area contributed by atoms with E-state index in [9.17, 15) is 9.59 Å². The molecule has 3 amide bonds. The molecule has 0 spiro atoms. The predicted molar refractivity (Wildman–Crippen MR) is 54.2 cm³/mol. The van der Waals surface area contributed by atoms with Crippen LogP contribution in [0.2, 0.25) is 0 Å². The highest BCUT2D eigenvalue weighted by Crippen LogP contribution is 2.39. The van der Waals surface area contributed by atoms with Crippen molar-refractivity contribution in [2.75, 3.05) is 5.88 Å². The standard InChI is InChI=1S/C9H15ClN2O2/c1-9(2)4-3-6(9)11-8(14)12-7(13)5-10/h6H,3-5H2,1-2H3,(H2,11,12,13,14). The zero-order chi connectivity index (χ0) is 10.8. The molecule has 0 aromatic carbocycles. The van der Waals surface area contributed by atoms with E-state index in [1.807, 2.05) is 0 Å². The Balaban J connectivity index is 2.31. The average molecular weight is 219 g/mol. The van der Waals surface area contributed by atoms with Gasteiger partial charge in [-0.05, 0) is 18.3 Å². The fourth-order valence-corrected chi connectivity index (χ4v) is 1.55. The Morgan fingerprint density at radius 1 is 1.50 bits per heavy atom.